The standard InChI is InChI=1S/C21H33N3O2S/c1-23(2)15-9-14-22-21(26)18-12-7-8-13-19(18)27-16-20(25)24(3)17-10-5-4-6-11-17/h7-8,12-13,17H,4-6,9-11,14-16H2,1-3H3,(H,22,26). The molecule has 0 atom stereocenters. The van der Waals surface area contributed by atoms with Crippen LogP contribution in [0, 0.1) is 0 Å². The molecule has 0 bridgehead atoms. The lowest BCUT2D eigenvalue weighted by molar-refractivity contribution is -0.129. The Morgan fingerprint density at radius 2 is 1.81 bits per heavy atom. The van der Waals surface area contributed by atoms with Crippen molar-refractivity contribution in [3.8, 4) is 0 Å². The molecule has 0 radical (unpaired) electrons. The minimum Gasteiger partial charge on any atom is -0.352 e. The van der Waals surface area contributed by atoms with Crippen molar-refractivity contribution in [2.24, 2.45) is 0 Å². The van der Waals surface area contributed by atoms with Crippen LogP contribution in [-0.4, -0.2) is 67.6 Å². The van der Waals surface area contributed by atoms with Crippen LogP contribution in [0.25, 0.3) is 0 Å². The number of hydrogen-bond donors (Lipinski definition) is 1. The Morgan fingerprint density at radius 3 is 2.52 bits per heavy atom. The number of nitrogens with one attached hydrogen (secondary N) is 1. The first-order valence-electron chi connectivity index (χ1n) is 9.89. The molecule has 0 aromatic heterocycles. The number of thioether (sulfide) groups is 1. The van der Waals surface area contributed by atoms with E-state index in [2.05, 4.69) is 10.2 Å². The lowest BCUT2D eigenvalue weighted by Gasteiger charge is -2.31. The summed E-state index contributed by atoms with van der Waals surface area (Å²) < 4.78 is 0. The number of amides is 2. The molecule has 1 aromatic rings. The molecule has 0 spiro atoms. The number of nitrogens with zero attached hydrogens (tertiary/aromatic N) is 2. The van der Waals surface area contributed by atoms with Gasteiger partial charge in [0.1, 0.15) is 0 Å². The second-order valence-corrected chi connectivity index (χ2v) is 8.51. The van der Waals surface area contributed by atoms with Crippen molar-refractivity contribution in [3.63, 3.8) is 0 Å². The van der Waals surface area contributed by atoms with E-state index in [4.69, 9.17) is 0 Å². The molecule has 0 aliphatic heterocycles. The Hall–Kier alpha value is -1.53. The summed E-state index contributed by atoms with van der Waals surface area (Å²) in [5.74, 6) is 0.454. The molecule has 6 heteroatoms. The molecular formula is C21H33N3O2S. The first-order chi connectivity index (χ1) is 13.0. The molecule has 2 rings (SSSR count). The largest absolute Gasteiger partial charge is 0.352 e. The minimum absolute atomic E-state index is 0.0649. The average molecular weight is 392 g/mol. The number of rotatable bonds is 9. The summed E-state index contributed by atoms with van der Waals surface area (Å²) in [6.45, 7) is 1.60. The van der Waals surface area contributed by atoms with Crippen LogP contribution in [0.2, 0.25) is 0 Å². The van der Waals surface area contributed by atoms with E-state index in [0.717, 1.165) is 30.7 Å². The lowest BCUT2D eigenvalue weighted by Crippen LogP contribution is -2.39. The second-order valence-electron chi connectivity index (χ2n) is 7.49. The van der Waals surface area contributed by atoms with Crippen LogP contribution >= 0.6 is 11.8 Å². The van der Waals surface area contributed by atoms with E-state index in [1.54, 1.807) is 0 Å². The molecule has 1 fully saturated rings. The zero-order valence-corrected chi connectivity index (χ0v) is 17.7. The highest BCUT2D eigenvalue weighted by molar-refractivity contribution is 8.00. The molecule has 27 heavy (non-hydrogen) atoms. The summed E-state index contributed by atoms with van der Waals surface area (Å²) in [5.41, 5.74) is 0.653. The van der Waals surface area contributed by atoms with E-state index < -0.39 is 0 Å². The third-order valence-electron chi connectivity index (χ3n) is 5.07. The topological polar surface area (TPSA) is 52.7 Å². The second kappa shape index (κ2) is 11.3. The van der Waals surface area contributed by atoms with Gasteiger partial charge >= 0.3 is 0 Å². The molecule has 1 aromatic carbocycles. The average Bonchev–Trinajstić information content (AvgIpc) is 2.69. The molecule has 150 valence electrons. The Kier molecular flexibility index (Phi) is 9.15. The van der Waals surface area contributed by atoms with Gasteiger partial charge in [-0.2, -0.15) is 0 Å². The third kappa shape index (κ3) is 7.18. The maximum atomic E-state index is 12.6. The van der Waals surface area contributed by atoms with Gasteiger partial charge in [0.05, 0.1) is 11.3 Å². The van der Waals surface area contributed by atoms with Crippen molar-refractivity contribution in [1.82, 2.24) is 15.1 Å². The minimum atomic E-state index is -0.0649. The van der Waals surface area contributed by atoms with Gasteiger partial charge in [0.25, 0.3) is 5.91 Å². The SMILES string of the molecule is CN(C)CCCNC(=O)c1ccccc1SCC(=O)N(C)C1CCCCC1. The highest BCUT2D eigenvalue weighted by Gasteiger charge is 2.22. The first-order valence-corrected chi connectivity index (χ1v) is 10.9. The van der Waals surface area contributed by atoms with E-state index >= 15 is 0 Å². The summed E-state index contributed by atoms with van der Waals surface area (Å²) in [5, 5.41) is 2.98. The van der Waals surface area contributed by atoms with Crippen LogP contribution in [-0.2, 0) is 4.79 Å². The van der Waals surface area contributed by atoms with Gasteiger partial charge in [-0.05, 0) is 52.0 Å². The fourth-order valence-electron chi connectivity index (χ4n) is 3.39. The van der Waals surface area contributed by atoms with Gasteiger partial charge in [-0.3, -0.25) is 9.59 Å². The van der Waals surface area contributed by atoms with Crippen molar-refractivity contribution in [2.75, 3.05) is 40.0 Å². The van der Waals surface area contributed by atoms with Crippen LogP contribution in [0.1, 0.15) is 48.9 Å². The zero-order chi connectivity index (χ0) is 19.6. The molecule has 0 heterocycles. The maximum Gasteiger partial charge on any atom is 0.252 e. The number of benzene rings is 1. The smallest absolute Gasteiger partial charge is 0.252 e. The van der Waals surface area contributed by atoms with Crippen molar-refractivity contribution >= 4 is 23.6 Å². The number of carbonyl (C=O) groups is 2. The normalized spacial score (nSPS) is 15.0. The molecule has 1 saturated carbocycles. The molecule has 2 amide bonds. The first kappa shape index (κ1) is 21.8. The summed E-state index contributed by atoms with van der Waals surface area (Å²) in [7, 11) is 5.96. The van der Waals surface area contributed by atoms with Gasteiger partial charge in [-0.1, -0.05) is 31.4 Å². The zero-order valence-electron chi connectivity index (χ0n) is 16.9. The molecule has 5 nitrogen and oxygen atoms in total. The molecular weight excluding hydrogens is 358 g/mol. The monoisotopic (exact) mass is 391 g/mol. The highest BCUT2D eigenvalue weighted by Crippen LogP contribution is 2.25. The van der Waals surface area contributed by atoms with Crippen LogP contribution in [0.5, 0.6) is 0 Å². The number of carbonyl (C=O) groups excluding carboxylic acids is 2. The summed E-state index contributed by atoms with van der Waals surface area (Å²) >= 11 is 1.46. The van der Waals surface area contributed by atoms with Gasteiger partial charge in [0.15, 0.2) is 0 Å². The van der Waals surface area contributed by atoms with Crippen molar-refractivity contribution < 1.29 is 9.59 Å². The predicted molar refractivity (Wildman–Crippen MR) is 112 cm³/mol. The predicted octanol–water partition coefficient (Wildman–Crippen LogP) is 3.25. The fraction of sp³-hybridized carbons (Fsp3) is 0.619. The van der Waals surface area contributed by atoms with Crippen molar-refractivity contribution in [2.45, 2.75) is 49.5 Å². The van der Waals surface area contributed by atoms with Crippen molar-refractivity contribution in [3.05, 3.63) is 29.8 Å². The van der Waals surface area contributed by atoms with E-state index in [-0.39, 0.29) is 11.8 Å². The van der Waals surface area contributed by atoms with Crippen molar-refractivity contribution in [1.29, 1.82) is 0 Å². The van der Waals surface area contributed by atoms with Crippen LogP contribution in [0.4, 0.5) is 0 Å². The number of hydrogen-bond acceptors (Lipinski definition) is 4. The molecule has 0 saturated heterocycles. The molecule has 1 N–H and O–H groups in total. The van der Waals surface area contributed by atoms with Crippen LogP contribution in [0.15, 0.2) is 29.2 Å². The van der Waals surface area contributed by atoms with Gasteiger partial charge in [-0.15, -0.1) is 11.8 Å². The Labute approximate surface area is 167 Å². The molecule has 0 unspecified atom stereocenters. The summed E-state index contributed by atoms with van der Waals surface area (Å²) in [4.78, 5) is 30.0. The van der Waals surface area contributed by atoms with Gasteiger partial charge < -0.3 is 15.1 Å². The van der Waals surface area contributed by atoms with E-state index in [1.165, 1.54) is 31.0 Å². The highest BCUT2D eigenvalue weighted by atomic mass is 32.2. The Bertz CT molecular complexity index is 615. The van der Waals surface area contributed by atoms with Gasteiger partial charge in [0, 0.05) is 24.5 Å². The van der Waals surface area contributed by atoms with E-state index in [9.17, 15) is 9.59 Å². The van der Waals surface area contributed by atoms with Gasteiger partial charge in [0.2, 0.25) is 5.91 Å². The van der Waals surface area contributed by atoms with Crippen LogP contribution < -0.4 is 5.32 Å². The third-order valence-corrected chi connectivity index (χ3v) is 6.12. The summed E-state index contributed by atoms with van der Waals surface area (Å²) in [6.07, 6.45) is 6.85. The maximum absolute atomic E-state index is 12.6. The quantitative estimate of drug-likeness (QED) is 0.519. The Morgan fingerprint density at radius 1 is 1.11 bits per heavy atom. The summed E-state index contributed by atoms with van der Waals surface area (Å²) in [6, 6.07) is 7.92. The lowest BCUT2D eigenvalue weighted by atomic mass is 9.94. The Balaban J connectivity index is 1.87. The fourth-order valence-corrected chi connectivity index (χ4v) is 4.36. The molecule has 1 aliphatic rings. The van der Waals surface area contributed by atoms with E-state index in [0.29, 0.717) is 23.9 Å². The molecule has 1 aliphatic carbocycles. The van der Waals surface area contributed by atoms with Crippen LogP contribution in [0.3, 0.4) is 0 Å². The van der Waals surface area contributed by atoms with Gasteiger partial charge in [-0.25, -0.2) is 0 Å². The van der Waals surface area contributed by atoms with E-state index in [1.807, 2.05) is 50.3 Å².